The number of amides is 2. The van der Waals surface area contributed by atoms with Crippen LogP contribution in [-0.2, 0) is 6.42 Å². The first-order valence-electron chi connectivity index (χ1n) is 8.66. The molecule has 0 unspecified atom stereocenters. The number of urea groups is 1. The van der Waals surface area contributed by atoms with E-state index in [0.717, 1.165) is 29.0 Å². The molecule has 0 aliphatic rings. The fraction of sp³-hybridized carbons (Fsp3) is 0.250. The number of aryl methyl sites for hydroxylation is 2. The number of carbonyl (C=O) groups excluding carboxylic acids is 1. The molecule has 25 heavy (non-hydrogen) atoms. The van der Waals surface area contributed by atoms with E-state index in [2.05, 4.69) is 28.9 Å². The quantitative estimate of drug-likeness (QED) is 0.576. The summed E-state index contributed by atoms with van der Waals surface area (Å²) in [6.07, 6.45) is 5.60. The lowest BCUT2D eigenvalue weighted by Gasteiger charge is -2.16. The molecule has 2 amide bonds. The largest absolute Gasteiger partial charge is 0.323 e. The lowest BCUT2D eigenvalue weighted by atomic mass is 10.2. The lowest BCUT2D eigenvalue weighted by molar-refractivity contribution is 0.262. The average molecular weight is 336 g/mol. The fourth-order valence-corrected chi connectivity index (χ4v) is 2.64. The zero-order valence-corrected chi connectivity index (χ0v) is 14.7. The smallest absolute Gasteiger partial charge is 0.308 e. The van der Waals surface area contributed by atoms with Gasteiger partial charge in [0.25, 0.3) is 0 Å². The molecule has 3 N–H and O–H groups in total. The maximum Gasteiger partial charge on any atom is 0.323 e. The van der Waals surface area contributed by atoms with Gasteiger partial charge in [0.2, 0.25) is 0 Å². The van der Waals surface area contributed by atoms with Crippen LogP contribution in [0.15, 0.2) is 54.7 Å². The molecular formula is C20H24N4O. The molecule has 0 atom stereocenters. The van der Waals surface area contributed by atoms with Crippen LogP contribution >= 0.6 is 0 Å². The molecule has 3 aromatic rings. The second-order valence-corrected chi connectivity index (χ2v) is 6.18. The molecule has 130 valence electrons. The van der Waals surface area contributed by atoms with E-state index in [1.54, 1.807) is 0 Å². The number of benzene rings is 2. The summed E-state index contributed by atoms with van der Waals surface area (Å²) in [7, 11) is 0. The molecule has 0 aliphatic carbocycles. The van der Waals surface area contributed by atoms with Gasteiger partial charge in [-0.25, -0.2) is 4.79 Å². The van der Waals surface area contributed by atoms with Crippen LogP contribution in [0.25, 0.3) is 5.69 Å². The Kier molecular flexibility index (Phi) is 5.23. The number of unbranched alkanes of at least 4 members (excludes halogenated alkanes) is 1. The van der Waals surface area contributed by atoms with E-state index in [9.17, 15) is 4.79 Å². The van der Waals surface area contributed by atoms with Gasteiger partial charge in [0.05, 0.1) is 11.4 Å². The number of nitrogens with one attached hydrogen (secondary N) is 3. The third-order valence-electron chi connectivity index (χ3n) is 4.15. The first-order valence-corrected chi connectivity index (χ1v) is 8.66. The summed E-state index contributed by atoms with van der Waals surface area (Å²) < 4.78 is 1.99. The number of carbonyl (C=O) groups is 1. The fourth-order valence-electron chi connectivity index (χ4n) is 2.64. The Morgan fingerprint density at radius 1 is 1.08 bits per heavy atom. The van der Waals surface area contributed by atoms with E-state index in [4.69, 9.17) is 0 Å². The summed E-state index contributed by atoms with van der Waals surface area (Å²) in [5, 5.41) is 9.04. The van der Waals surface area contributed by atoms with Crippen LogP contribution in [0.4, 0.5) is 16.2 Å². The normalized spacial score (nSPS) is 10.6. The van der Waals surface area contributed by atoms with Gasteiger partial charge in [0.15, 0.2) is 0 Å². The Bertz CT molecular complexity index is 818. The molecule has 0 aliphatic heterocycles. The number of rotatable bonds is 6. The molecule has 0 radical (unpaired) electrons. The summed E-state index contributed by atoms with van der Waals surface area (Å²) >= 11 is 0. The number of anilines is 2. The molecule has 0 bridgehead atoms. The minimum atomic E-state index is -0.245. The Hall–Kier alpha value is -2.95. The Labute approximate surface area is 148 Å². The molecule has 1 heterocycles. The van der Waals surface area contributed by atoms with Gasteiger partial charge in [-0.2, -0.15) is 0 Å². The van der Waals surface area contributed by atoms with Crippen molar-refractivity contribution in [1.82, 2.24) is 9.78 Å². The van der Waals surface area contributed by atoms with Crippen molar-refractivity contribution >= 4 is 17.4 Å². The zero-order chi connectivity index (χ0) is 17.6. The number of aromatic nitrogens is 2. The second-order valence-electron chi connectivity index (χ2n) is 6.18. The highest BCUT2D eigenvalue weighted by Crippen LogP contribution is 2.17. The number of aromatic amines is 1. The average Bonchev–Trinajstić information content (AvgIpc) is 2.57. The number of para-hydroxylation sites is 1. The molecular weight excluding hydrogens is 312 g/mol. The van der Waals surface area contributed by atoms with Gasteiger partial charge in [-0.3, -0.25) is 9.78 Å². The van der Waals surface area contributed by atoms with E-state index in [-0.39, 0.29) is 6.03 Å². The number of H-pyrrole nitrogens is 1. The van der Waals surface area contributed by atoms with Gasteiger partial charge in [0.1, 0.15) is 0 Å². The highest BCUT2D eigenvalue weighted by molar-refractivity contribution is 6.00. The molecule has 0 saturated carbocycles. The predicted octanol–water partition coefficient (Wildman–Crippen LogP) is 5.10. The number of hydrogen-bond donors (Lipinski definition) is 3. The number of nitrogens with zero attached hydrogens (tertiary/aromatic N) is 1. The maximum atomic E-state index is 12.1. The Morgan fingerprint density at radius 2 is 1.80 bits per heavy atom. The highest BCUT2D eigenvalue weighted by Gasteiger charge is 2.06. The van der Waals surface area contributed by atoms with E-state index in [1.165, 1.54) is 18.5 Å². The summed E-state index contributed by atoms with van der Waals surface area (Å²) in [4.78, 5) is 12.1. The monoisotopic (exact) mass is 336 g/mol. The van der Waals surface area contributed by atoms with Gasteiger partial charge < -0.3 is 10.6 Å². The Morgan fingerprint density at radius 3 is 2.48 bits per heavy atom. The van der Waals surface area contributed by atoms with Crippen molar-refractivity contribution in [3.63, 3.8) is 0 Å². The highest BCUT2D eigenvalue weighted by atomic mass is 16.2. The minimum Gasteiger partial charge on any atom is -0.308 e. The van der Waals surface area contributed by atoms with E-state index in [0.29, 0.717) is 0 Å². The summed E-state index contributed by atoms with van der Waals surface area (Å²) in [5.74, 6) is 0. The van der Waals surface area contributed by atoms with Crippen LogP contribution in [0.2, 0.25) is 0 Å². The Balaban J connectivity index is 1.57. The van der Waals surface area contributed by atoms with Crippen LogP contribution in [0.3, 0.4) is 0 Å². The maximum absolute atomic E-state index is 12.1. The molecule has 0 spiro atoms. The van der Waals surface area contributed by atoms with E-state index in [1.807, 2.05) is 60.1 Å². The second kappa shape index (κ2) is 7.75. The third kappa shape index (κ3) is 4.32. The van der Waals surface area contributed by atoms with Gasteiger partial charge in [0, 0.05) is 17.6 Å². The molecule has 0 saturated heterocycles. The van der Waals surface area contributed by atoms with Crippen molar-refractivity contribution in [2.45, 2.75) is 33.1 Å². The zero-order valence-electron chi connectivity index (χ0n) is 14.7. The number of hydrogen-bond acceptors (Lipinski definition) is 1. The van der Waals surface area contributed by atoms with Crippen LogP contribution in [0, 0.1) is 6.92 Å². The topological polar surface area (TPSA) is 61.9 Å². The molecule has 0 fully saturated rings. The molecule has 1 aromatic heterocycles. The van der Waals surface area contributed by atoms with Gasteiger partial charge in [-0.05, 0) is 55.7 Å². The predicted molar refractivity (Wildman–Crippen MR) is 103 cm³/mol. The van der Waals surface area contributed by atoms with Crippen LogP contribution in [0.1, 0.15) is 31.0 Å². The van der Waals surface area contributed by atoms with Gasteiger partial charge in [-0.1, -0.05) is 31.5 Å². The standard InChI is InChI=1S/C20H24N4O/c1-3-4-8-17-14-24(23-17)18-12-10-16(11-13-18)21-20(25)22-19-9-6-5-7-15(19)2/h5-7,9-14,23H,3-4,8H2,1-2H3,(H2,21,22,25). The first-order chi connectivity index (χ1) is 12.2. The molecule has 3 rings (SSSR count). The molecule has 2 aromatic carbocycles. The van der Waals surface area contributed by atoms with Gasteiger partial charge in [-0.15, -0.1) is 0 Å². The van der Waals surface area contributed by atoms with Crippen molar-refractivity contribution in [3.8, 4) is 5.69 Å². The SMILES string of the molecule is CCCCc1cn(-c2ccc(NC(=O)Nc3ccccc3C)cc2)[nH]1. The van der Waals surface area contributed by atoms with Crippen molar-refractivity contribution in [3.05, 3.63) is 66.0 Å². The third-order valence-corrected chi connectivity index (χ3v) is 4.15. The summed E-state index contributed by atoms with van der Waals surface area (Å²) in [6.45, 7) is 4.16. The van der Waals surface area contributed by atoms with Crippen molar-refractivity contribution in [2.24, 2.45) is 0 Å². The van der Waals surface area contributed by atoms with Crippen molar-refractivity contribution < 1.29 is 4.79 Å². The van der Waals surface area contributed by atoms with Crippen LogP contribution < -0.4 is 10.6 Å². The van der Waals surface area contributed by atoms with Crippen LogP contribution in [0.5, 0.6) is 0 Å². The van der Waals surface area contributed by atoms with E-state index < -0.39 is 0 Å². The minimum absolute atomic E-state index is 0.245. The van der Waals surface area contributed by atoms with E-state index >= 15 is 0 Å². The molecule has 5 nitrogen and oxygen atoms in total. The first kappa shape index (κ1) is 16.9. The molecule has 5 heteroatoms. The summed E-state index contributed by atoms with van der Waals surface area (Å²) in [6, 6.07) is 15.2. The van der Waals surface area contributed by atoms with Crippen molar-refractivity contribution in [2.75, 3.05) is 10.6 Å². The summed E-state index contributed by atoms with van der Waals surface area (Å²) in [5.41, 5.74) is 4.91. The van der Waals surface area contributed by atoms with Gasteiger partial charge >= 0.3 is 6.03 Å². The van der Waals surface area contributed by atoms with Crippen molar-refractivity contribution in [1.29, 1.82) is 0 Å². The lowest BCUT2D eigenvalue weighted by Crippen LogP contribution is -2.20. The van der Waals surface area contributed by atoms with Crippen LogP contribution in [-0.4, -0.2) is 15.8 Å².